The van der Waals surface area contributed by atoms with Crippen molar-refractivity contribution in [3.63, 3.8) is 0 Å². The van der Waals surface area contributed by atoms with Crippen LogP contribution in [0, 0.1) is 0 Å². The van der Waals surface area contributed by atoms with E-state index in [0.717, 1.165) is 69.4 Å². The monoisotopic (exact) mass is 353 g/mol. The number of hydrogen-bond donors (Lipinski definition) is 1. The lowest BCUT2D eigenvalue weighted by atomic mass is 9.78. The molecule has 1 aliphatic heterocycles. The van der Waals surface area contributed by atoms with Crippen LogP contribution < -0.4 is 15.4 Å². The Hall–Kier alpha value is -2.18. The Kier molecular flexibility index (Phi) is 5.32. The third-order valence-corrected chi connectivity index (χ3v) is 5.38. The van der Waals surface area contributed by atoms with Crippen LogP contribution in [0.1, 0.15) is 24.5 Å². The van der Waals surface area contributed by atoms with Crippen molar-refractivity contribution in [2.24, 2.45) is 5.73 Å². The van der Waals surface area contributed by atoms with Crippen molar-refractivity contribution < 1.29 is 4.74 Å². The van der Waals surface area contributed by atoms with E-state index in [2.05, 4.69) is 25.8 Å². The zero-order valence-electron chi connectivity index (χ0n) is 15.1. The average Bonchev–Trinajstić information content (AvgIpc) is 2.67. The fraction of sp³-hybridized carbons (Fsp3) is 0.500. The van der Waals surface area contributed by atoms with Gasteiger partial charge in [-0.05, 0) is 25.0 Å². The largest absolute Gasteiger partial charge is 0.492 e. The molecule has 1 aromatic carbocycles. The van der Waals surface area contributed by atoms with Gasteiger partial charge in [0.15, 0.2) is 0 Å². The first kappa shape index (κ1) is 17.2. The molecule has 2 heterocycles. The number of nitrogens with two attached hydrogens (primary N) is 1. The molecule has 1 aromatic heterocycles. The van der Waals surface area contributed by atoms with Crippen molar-refractivity contribution in [1.29, 1.82) is 0 Å². The number of hydrogen-bond acceptors (Lipinski definition) is 6. The van der Waals surface area contributed by atoms with Crippen LogP contribution in [0.5, 0.6) is 5.75 Å². The normalized spacial score (nSPS) is 23.5. The molecule has 2 fully saturated rings. The topological polar surface area (TPSA) is 67.5 Å². The van der Waals surface area contributed by atoms with Gasteiger partial charge in [-0.2, -0.15) is 0 Å². The van der Waals surface area contributed by atoms with Gasteiger partial charge < -0.3 is 15.4 Å². The quantitative estimate of drug-likeness (QED) is 0.855. The molecular weight excluding hydrogens is 326 g/mol. The number of benzene rings is 1. The molecule has 138 valence electrons. The number of ether oxygens (including phenoxy) is 1. The molecule has 1 saturated heterocycles. The molecular formula is C20H27N5O. The van der Waals surface area contributed by atoms with Crippen molar-refractivity contribution >= 4 is 5.82 Å². The standard InChI is InChI=1S/C20H27N5O/c21-17-12-16(13-17)19-14-20(23-15-22-19)25-8-6-24(7-9-25)10-11-26-18-4-2-1-3-5-18/h1-5,14-17H,6-13,21H2. The summed E-state index contributed by atoms with van der Waals surface area (Å²) in [5.74, 6) is 2.51. The van der Waals surface area contributed by atoms with Crippen LogP contribution in [0.3, 0.4) is 0 Å². The van der Waals surface area contributed by atoms with Crippen molar-refractivity contribution in [1.82, 2.24) is 14.9 Å². The molecule has 4 rings (SSSR count). The maximum absolute atomic E-state index is 5.91. The lowest BCUT2D eigenvalue weighted by molar-refractivity contribution is 0.200. The van der Waals surface area contributed by atoms with E-state index in [0.29, 0.717) is 12.0 Å². The van der Waals surface area contributed by atoms with E-state index in [-0.39, 0.29) is 0 Å². The summed E-state index contributed by atoms with van der Waals surface area (Å²) in [5, 5.41) is 0. The summed E-state index contributed by atoms with van der Waals surface area (Å²) in [6.07, 6.45) is 3.80. The van der Waals surface area contributed by atoms with Crippen LogP contribution in [0.25, 0.3) is 0 Å². The molecule has 2 aromatic rings. The van der Waals surface area contributed by atoms with Gasteiger partial charge in [0, 0.05) is 56.4 Å². The highest BCUT2D eigenvalue weighted by Crippen LogP contribution is 2.35. The number of piperazine rings is 1. The Morgan fingerprint density at radius 1 is 1.04 bits per heavy atom. The van der Waals surface area contributed by atoms with Crippen LogP contribution in [-0.2, 0) is 0 Å². The van der Waals surface area contributed by atoms with Crippen molar-refractivity contribution in [3.8, 4) is 5.75 Å². The summed E-state index contributed by atoms with van der Waals surface area (Å²) < 4.78 is 5.80. The second kappa shape index (κ2) is 8.01. The van der Waals surface area contributed by atoms with E-state index < -0.39 is 0 Å². The summed E-state index contributed by atoms with van der Waals surface area (Å²) in [7, 11) is 0. The predicted octanol–water partition coefficient (Wildman–Crippen LogP) is 1.88. The van der Waals surface area contributed by atoms with E-state index in [1.165, 1.54) is 0 Å². The summed E-state index contributed by atoms with van der Waals surface area (Å²) in [6.45, 7) is 5.73. The number of nitrogens with zero attached hydrogens (tertiary/aromatic N) is 4. The molecule has 6 heteroatoms. The molecule has 2 N–H and O–H groups in total. The molecule has 2 aliphatic rings. The van der Waals surface area contributed by atoms with E-state index in [9.17, 15) is 0 Å². The number of rotatable bonds is 6. The highest BCUT2D eigenvalue weighted by atomic mass is 16.5. The Bertz CT molecular complexity index is 696. The molecule has 6 nitrogen and oxygen atoms in total. The molecule has 0 radical (unpaired) electrons. The maximum Gasteiger partial charge on any atom is 0.132 e. The van der Waals surface area contributed by atoms with Gasteiger partial charge in [0.05, 0.1) is 0 Å². The molecule has 0 amide bonds. The number of anilines is 1. The molecule has 1 aliphatic carbocycles. The molecule has 0 spiro atoms. The Morgan fingerprint density at radius 3 is 2.54 bits per heavy atom. The summed E-state index contributed by atoms with van der Waals surface area (Å²) in [5.41, 5.74) is 7.06. The molecule has 26 heavy (non-hydrogen) atoms. The summed E-state index contributed by atoms with van der Waals surface area (Å²) in [4.78, 5) is 13.8. The summed E-state index contributed by atoms with van der Waals surface area (Å²) >= 11 is 0. The fourth-order valence-electron chi connectivity index (χ4n) is 3.67. The van der Waals surface area contributed by atoms with Gasteiger partial charge >= 0.3 is 0 Å². The van der Waals surface area contributed by atoms with Gasteiger partial charge in [-0.3, -0.25) is 4.90 Å². The average molecular weight is 353 g/mol. The van der Waals surface area contributed by atoms with E-state index in [1.807, 2.05) is 30.3 Å². The third-order valence-electron chi connectivity index (χ3n) is 5.38. The Labute approximate surface area is 155 Å². The highest BCUT2D eigenvalue weighted by Gasteiger charge is 2.29. The van der Waals surface area contributed by atoms with Gasteiger partial charge in [0.2, 0.25) is 0 Å². The molecule has 0 unspecified atom stereocenters. The SMILES string of the molecule is NC1CC(c2cc(N3CCN(CCOc4ccccc4)CC3)ncn2)C1. The van der Waals surface area contributed by atoms with Gasteiger partial charge in [0.25, 0.3) is 0 Å². The minimum Gasteiger partial charge on any atom is -0.492 e. The van der Waals surface area contributed by atoms with Crippen LogP contribution in [-0.4, -0.2) is 60.2 Å². The zero-order valence-corrected chi connectivity index (χ0v) is 15.1. The maximum atomic E-state index is 5.91. The van der Waals surface area contributed by atoms with E-state index in [4.69, 9.17) is 10.5 Å². The second-order valence-electron chi connectivity index (χ2n) is 7.22. The summed E-state index contributed by atoms with van der Waals surface area (Å²) in [6, 6.07) is 12.5. The molecule has 0 atom stereocenters. The van der Waals surface area contributed by atoms with Gasteiger partial charge in [-0.1, -0.05) is 18.2 Å². The Balaban J connectivity index is 1.24. The minimum atomic E-state index is 0.347. The third kappa shape index (κ3) is 4.14. The van der Waals surface area contributed by atoms with Crippen LogP contribution in [0.15, 0.2) is 42.7 Å². The first-order valence-electron chi connectivity index (χ1n) is 9.50. The van der Waals surface area contributed by atoms with E-state index in [1.54, 1.807) is 6.33 Å². The van der Waals surface area contributed by atoms with Crippen LogP contribution in [0.4, 0.5) is 5.82 Å². The van der Waals surface area contributed by atoms with Crippen molar-refractivity contribution in [2.75, 3.05) is 44.2 Å². The Morgan fingerprint density at radius 2 is 1.81 bits per heavy atom. The zero-order chi connectivity index (χ0) is 17.8. The van der Waals surface area contributed by atoms with Gasteiger partial charge in [-0.25, -0.2) is 9.97 Å². The first-order chi connectivity index (χ1) is 12.8. The lowest BCUT2D eigenvalue weighted by Crippen LogP contribution is -2.47. The lowest BCUT2D eigenvalue weighted by Gasteiger charge is -2.36. The van der Waals surface area contributed by atoms with E-state index >= 15 is 0 Å². The number of para-hydroxylation sites is 1. The minimum absolute atomic E-state index is 0.347. The molecule has 0 bridgehead atoms. The van der Waals surface area contributed by atoms with Crippen molar-refractivity contribution in [3.05, 3.63) is 48.4 Å². The van der Waals surface area contributed by atoms with Crippen LogP contribution >= 0.6 is 0 Å². The fourth-order valence-corrected chi connectivity index (χ4v) is 3.67. The van der Waals surface area contributed by atoms with Crippen molar-refractivity contribution in [2.45, 2.75) is 24.8 Å². The number of aromatic nitrogens is 2. The highest BCUT2D eigenvalue weighted by molar-refractivity contribution is 5.40. The van der Waals surface area contributed by atoms with Gasteiger partial charge in [-0.15, -0.1) is 0 Å². The first-order valence-corrected chi connectivity index (χ1v) is 9.50. The van der Waals surface area contributed by atoms with Gasteiger partial charge in [0.1, 0.15) is 24.5 Å². The predicted molar refractivity (Wildman–Crippen MR) is 103 cm³/mol. The molecule has 1 saturated carbocycles. The second-order valence-corrected chi connectivity index (χ2v) is 7.22. The van der Waals surface area contributed by atoms with Crippen LogP contribution in [0.2, 0.25) is 0 Å². The smallest absolute Gasteiger partial charge is 0.132 e.